The minimum atomic E-state index is -0.121. The van der Waals surface area contributed by atoms with Gasteiger partial charge in [-0.15, -0.1) is 0 Å². The maximum Gasteiger partial charge on any atom is 0.254 e. The summed E-state index contributed by atoms with van der Waals surface area (Å²) in [5, 5.41) is 7.83. The first kappa shape index (κ1) is 14.7. The van der Waals surface area contributed by atoms with Crippen molar-refractivity contribution < 1.29 is 4.79 Å². The van der Waals surface area contributed by atoms with Gasteiger partial charge in [-0.1, -0.05) is 13.2 Å². The SMILES string of the molecule is C=Cc1nc(-c2n[nH]c3ncc(C(=O)N(C)C)cc23)[nH]c1C=C. The molecule has 0 radical (unpaired) electrons. The molecule has 3 rings (SSSR count). The number of carbonyl (C=O) groups excluding carboxylic acids is 1. The van der Waals surface area contributed by atoms with Gasteiger partial charge in [-0.3, -0.25) is 9.89 Å². The number of imidazole rings is 1. The Labute approximate surface area is 132 Å². The fourth-order valence-corrected chi connectivity index (χ4v) is 2.28. The molecule has 2 N–H and O–H groups in total. The number of hydrogen-bond donors (Lipinski definition) is 2. The molecule has 23 heavy (non-hydrogen) atoms. The summed E-state index contributed by atoms with van der Waals surface area (Å²) in [6.45, 7) is 7.48. The summed E-state index contributed by atoms with van der Waals surface area (Å²) >= 11 is 0. The van der Waals surface area contributed by atoms with Gasteiger partial charge in [0.15, 0.2) is 11.5 Å². The molecule has 1 amide bonds. The number of amides is 1. The second-order valence-electron chi connectivity index (χ2n) is 5.18. The van der Waals surface area contributed by atoms with Gasteiger partial charge in [0.25, 0.3) is 5.91 Å². The average molecular weight is 308 g/mol. The van der Waals surface area contributed by atoms with E-state index in [4.69, 9.17) is 0 Å². The number of aromatic amines is 2. The van der Waals surface area contributed by atoms with Crippen LogP contribution in [0.1, 0.15) is 21.7 Å². The lowest BCUT2D eigenvalue weighted by Crippen LogP contribution is -2.21. The van der Waals surface area contributed by atoms with Crippen molar-refractivity contribution in [2.24, 2.45) is 0 Å². The van der Waals surface area contributed by atoms with Crippen molar-refractivity contribution in [2.45, 2.75) is 0 Å². The van der Waals surface area contributed by atoms with Crippen LogP contribution in [0.3, 0.4) is 0 Å². The van der Waals surface area contributed by atoms with Crippen molar-refractivity contribution in [3.8, 4) is 11.5 Å². The fraction of sp³-hybridized carbons (Fsp3) is 0.125. The van der Waals surface area contributed by atoms with Gasteiger partial charge < -0.3 is 9.88 Å². The van der Waals surface area contributed by atoms with E-state index in [-0.39, 0.29) is 5.91 Å². The third-order valence-corrected chi connectivity index (χ3v) is 3.45. The van der Waals surface area contributed by atoms with E-state index in [1.165, 1.54) is 11.1 Å². The number of hydrogen-bond acceptors (Lipinski definition) is 4. The molecule has 0 aliphatic carbocycles. The molecule has 0 aromatic carbocycles. The molecular weight excluding hydrogens is 292 g/mol. The van der Waals surface area contributed by atoms with E-state index in [9.17, 15) is 4.79 Å². The summed E-state index contributed by atoms with van der Waals surface area (Å²) < 4.78 is 0. The van der Waals surface area contributed by atoms with Crippen LogP contribution in [-0.2, 0) is 0 Å². The van der Waals surface area contributed by atoms with Crippen LogP contribution in [0.4, 0.5) is 0 Å². The van der Waals surface area contributed by atoms with E-state index in [0.29, 0.717) is 28.4 Å². The average Bonchev–Trinajstić information content (AvgIpc) is 3.16. The Morgan fingerprint density at radius 1 is 1.30 bits per heavy atom. The van der Waals surface area contributed by atoms with Crippen LogP contribution in [-0.4, -0.2) is 50.1 Å². The first-order chi connectivity index (χ1) is 11.0. The lowest BCUT2D eigenvalue weighted by atomic mass is 10.2. The summed E-state index contributed by atoms with van der Waals surface area (Å²) in [6.07, 6.45) is 4.84. The smallest absolute Gasteiger partial charge is 0.254 e. The van der Waals surface area contributed by atoms with Gasteiger partial charge in [0.1, 0.15) is 5.69 Å². The highest BCUT2D eigenvalue weighted by atomic mass is 16.2. The van der Waals surface area contributed by atoms with Crippen LogP contribution < -0.4 is 0 Å². The lowest BCUT2D eigenvalue weighted by molar-refractivity contribution is 0.0827. The summed E-state index contributed by atoms with van der Waals surface area (Å²) in [4.78, 5) is 25.5. The van der Waals surface area contributed by atoms with Gasteiger partial charge in [-0.2, -0.15) is 5.10 Å². The van der Waals surface area contributed by atoms with Crippen LogP contribution >= 0.6 is 0 Å². The molecule has 0 aliphatic heterocycles. The summed E-state index contributed by atoms with van der Waals surface area (Å²) in [7, 11) is 3.39. The number of pyridine rings is 1. The van der Waals surface area contributed by atoms with Gasteiger partial charge in [0.2, 0.25) is 0 Å². The van der Waals surface area contributed by atoms with Crippen molar-refractivity contribution in [3.05, 3.63) is 42.4 Å². The fourth-order valence-electron chi connectivity index (χ4n) is 2.28. The van der Waals surface area contributed by atoms with E-state index >= 15 is 0 Å². The summed E-state index contributed by atoms with van der Waals surface area (Å²) in [5.41, 5.74) is 3.13. The first-order valence-electron chi connectivity index (χ1n) is 6.96. The number of rotatable bonds is 4. The zero-order valence-corrected chi connectivity index (χ0v) is 12.9. The lowest BCUT2D eigenvalue weighted by Gasteiger charge is -2.09. The molecule has 0 fully saturated rings. The van der Waals surface area contributed by atoms with Gasteiger partial charge in [-0.05, 0) is 18.2 Å². The first-order valence-corrected chi connectivity index (χ1v) is 6.96. The highest BCUT2D eigenvalue weighted by Gasteiger charge is 2.17. The van der Waals surface area contributed by atoms with Gasteiger partial charge in [0.05, 0.1) is 22.3 Å². The zero-order valence-electron chi connectivity index (χ0n) is 12.9. The van der Waals surface area contributed by atoms with Crippen LogP contribution in [0.15, 0.2) is 25.4 Å². The molecule has 0 bridgehead atoms. The van der Waals surface area contributed by atoms with E-state index in [1.807, 2.05) is 0 Å². The molecule has 0 aliphatic rings. The predicted molar refractivity (Wildman–Crippen MR) is 89.7 cm³/mol. The molecule has 7 nitrogen and oxygen atoms in total. The Morgan fingerprint density at radius 2 is 2.09 bits per heavy atom. The Bertz CT molecular complexity index is 892. The predicted octanol–water partition coefficient (Wildman–Crippen LogP) is 2.34. The van der Waals surface area contributed by atoms with Crippen molar-refractivity contribution in [2.75, 3.05) is 14.1 Å². The maximum atomic E-state index is 12.1. The van der Waals surface area contributed by atoms with E-state index in [0.717, 1.165) is 11.1 Å². The quantitative estimate of drug-likeness (QED) is 0.774. The van der Waals surface area contributed by atoms with Crippen LogP contribution in [0.5, 0.6) is 0 Å². The van der Waals surface area contributed by atoms with Crippen LogP contribution in [0.25, 0.3) is 34.7 Å². The molecule has 3 aromatic rings. The van der Waals surface area contributed by atoms with Crippen molar-refractivity contribution in [1.82, 2.24) is 30.0 Å². The van der Waals surface area contributed by atoms with Crippen LogP contribution in [0.2, 0.25) is 0 Å². The number of carbonyl (C=O) groups is 1. The minimum Gasteiger partial charge on any atom is -0.345 e. The van der Waals surface area contributed by atoms with Gasteiger partial charge in [-0.25, -0.2) is 9.97 Å². The van der Waals surface area contributed by atoms with E-state index in [2.05, 4.69) is 38.3 Å². The highest BCUT2D eigenvalue weighted by molar-refractivity contribution is 5.99. The van der Waals surface area contributed by atoms with Gasteiger partial charge in [0, 0.05) is 20.3 Å². The van der Waals surface area contributed by atoms with Crippen LogP contribution in [0, 0.1) is 0 Å². The molecule has 0 atom stereocenters. The third kappa shape index (κ3) is 2.42. The molecule has 0 saturated carbocycles. The van der Waals surface area contributed by atoms with Crippen molar-refractivity contribution >= 4 is 29.1 Å². The molecule has 3 aromatic heterocycles. The highest BCUT2D eigenvalue weighted by Crippen LogP contribution is 2.25. The molecule has 0 saturated heterocycles. The largest absolute Gasteiger partial charge is 0.345 e. The van der Waals surface area contributed by atoms with Gasteiger partial charge >= 0.3 is 0 Å². The second-order valence-corrected chi connectivity index (χ2v) is 5.18. The zero-order chi connectivity index (χ0) is 16.6. The summed E-state index contributed by atoms with van der Waals surface area (Å²) in [5.74, 6) is 0.446. The normalized spacial score (nSPS) is 10.7. The molecule has 0 spiro atoms. The van der Waals surface area contributed by atoms with E-state index in [1.54, 1.807) is 32.3 Å². The van der Waals surface area contributed by atoms with Crippen molar-refractivity contribution in [1.29, 1.82) is 0 Å². The standard InChI is InChI=1S/C16H16N6O/c1-5-11-12(6-2)19-15(18-11)13-10-7-9(16(23)22(3)4)8-17-14(10)21-20-13/h5-8H,1-2H2,3-4H3,(H,18,19)(H,17,20,21). The maximum absolute atomic E-state index is 12.1. The molecule has 0 unspecified atom stereocenters. The summed E-state index contributed by atoms with van der Waals surface area (Å²) in [6, 6.07) is 1.76. The monoisotopic (exact) mass is 308 g/mol. The Balaban J connectivity index is 2.16. The third-order valence-electron chi connectivity index (χ3n) is 3.45. The number of nitrogens with one attached hydrogen (secondary N) is 2. The Morgan fingerprint density at radius 3 is 2.70 bits per heavy atom. The molecule has 7 heteroatoms. The Kier molecular flexibility index (Phi) is 3.53. The minimum absolute atomic E-state index is 0.121. The van der Waals surface area contributed by atoms with E-state index < -0.39 is 0 Å². The molecule has 3 heterocycles. The Hall–Kier alpha value is -3.22. The second kappa shape index (κ2) is 5.53. The number of fused-ring (bicyclic) bond motifs is 1. The molecule has 116 valence electrons. The number of H-pyrrole nitrogens is 2. The number of aromatic nitrogens is 5. The number of nitrogens with zero attached hydrogens (tertiary/aromatic N) is 4. The molecular formula is C16H16N6O. The topological polar surface area (TPSA) is 90.6 Å². The van der Waals surface area contributed by atoms with Crippen molar-refractivity contribution in [3.63, 3.8) is 0 Å².